The molecule has 1 aromatic rings. The average Bonchev–Trinajstić information content (AvgIpc) is 2.42. The number of carbonyl (C=O) groups is 1. The molecule has 0 spiro atoms. The number of ether oxygens (including phenoxy) is 1. The highest BCUT2D eigenvalue weighted by molar-refractivity contribution is 6.02. The van der Waals surface area contributed by atoms with Gasteiger partial charge in [-0.15, -0.1) is 0 Å². The third-order valence-electron chi connectivity index (χ3n) is 3.67. The van der Waals surface area contributed by atoms with Gasteiger partial charge in [-0.2, -0.15) is 0 Å². The maximum atomic E-state index is 12.6. The Labute approximate surface area is 110 Å². The molecule has 2 nitrogen and oxygen atoms in total. The molecule has 0 aromatic heterocycles. The third-order valence-corrected chi connectivity index (χ3v) is 3.67. The minimum Gasteiger partial charge on any atom is -0.370 e. The fraction of sp³-hybridized carbons (Fsp3) is 0.562. The molecular weight excluding hydrogens is 224 g/mol. The average molecular weight is 248 g/mol. The summed E-state index contributed by atoms with van der Waals surface area (Å²) in [6.45, 7) is 6.15. The van der Waals surface area contributed by atoms with Crippen LogP contribution in [0.2, 0.25) is 0 Å². The molecule has 100 valence electrons. The molecule has 0 amide bonds. The highest BCUT2D eigenvalue weighted by atomic mass is 16.5. The second-order valence-corrected chi connectivity index (χ2v) is 4.69. The largest absolute Gasteiger partial charge is 0.370 e. The Morgan fingerprint density at radius 3 is 2.39 bits per heavy atom. The highest BCUT2D eigenvalue weighted by Gasteiger charge is 2.35. The topological polar surface area (TPSA) is 26.3 Å². The van der Waals surface area contributed by atoms with Gasteiger partial charge in [0.05, 0.1) is 0 Å². The molecule has 0 heterocycles. The van der Waals surface area contributed by atoms with Gasteiger partial charge in [-0.3, -0.25) is 4.79 Å². The Kier molecular flexibility index (Phi) is 5.54. The molecule has 0 N–H and O–H groups in total. The second-order valence-electron chi connectivity index (χ2n) is 4.69. The van der Waals surface area contributed by atoms with Gasteiger partial charge in [0.2, 0.25) is 0 Å². The van der Waals surface area contributed by atoms with Crippen LogP contribution in [0, 0.1) is 0 Å². The number of benzene rings is 1. The summed E-state index contributed by atoms with van der Waals surface area (Å²) < 4.78 is 5.50. The molecule has 0 unspecified atom stereocenters. The molecule has 1 rings (SSSR count). The van der Waals surface area contributed by atoms with Gasteiger partial charge in [0.1, 0.15) is 5.60 Å². The van der Waals surface area contributed by atoms with Crippen molar-refractivity contribution in [3.63, 3.8) is 0 Å². The minimum atomic E-state index is -0.662. The first-order chi connectivity index (χ1) is 8.63. The number of hydrogen-bond donors (Lipinski definition) is 0. The standard InChI is InChI=1S/C16H24O2/c1-5-9-13-10-8-11-14(12-13)15(17)16(6-2,7-3)18-4/h8,10-12H,5-7,9H2,1-4H3. The number of Topliss-reactive ketones (excluding diaryl/α,β-unsaturated/α-hetero) is 1. The molecule has 0 saturated carbocycles. The van der Waals surface area contributed by atoms with E-state index in [1.807, 2.05) is 32.0 Å². The lowest BCUT2D eigenvalue weighted by Crippen LogP contribution is -2.39. The molecule has 0 aliphatic heterocycles. The van der Waals surface area contributed by atoms with Crippen LogP contribution in [-0.2, 0) is 11.2 Å². The van der Waals surface area contributed by atoms with E-state index in [4.69, 9.17) is 4.74 Å². The van der Waals surface area contributed by atoms with Crippen LogP contribution in [0.3, 0.4) is 0 Å². The van der Waals surface area contributed by atoms with Crippen molar-refractivity contribution in [2.24, 2.45) is 0 Å². The van der Waals surface area contributed by atoms with Crippen LogP contribution in [0.25, 0.3) is 0 Å². The zero-order valence-corrected chi connectivity index (χ0v) is 12.0. The lowest BCUT2D eigenvalue weighted by molar-refractivity contribution is -0.00261. The van der Waals surface area contributed by atoms with Crippen LogP contribution < -0.4 is 0 Å². The van der Waals surface area contributed by atoms with Crippen LogP contribution in [0.1, 0.15) is 56.0 Å². The molecule has 0 aliphatic carbocycles. The zero-order chi connectivity index (χ0) is 13.6. The van der Waals surface area contributed by atoms with Gasteiger partial charge in [-0.1, -0.05) is 45.4 Å². The monoisotopic (exact) mass is 248 g/mol. The van der Waals surface area contributed by atoms with Crippen molar-refractivity contribution in [1.29, 1.82) is 0 Å². The van der Waals surface area contributed by atoms with Crippen molar-refractivity contribution in [1.82, 2.24) is 0 Å². The van der Waals surface area contributed by atoms with Gasteiger partial charge >= 0.3 is 0 Å². The van der Waals surface area contributed by atoms with Crippen molar-refractivity contribution in [3.05, 3.63) is 35.4 Å². The molecule has 0 bridgehead atoms. The fourth-order valence-electron chi connectivity index (χ4n) is 2.37. The normalized spacial score (nSPS) is 11.6. The Balaban J connectivity index is 3.05. The van der Waals surface area contributed by atoms with Crippen LogP contribution >= 0.6 is 0 Å². The Morgan fingerprint density at radius 2 is 1.89 bits per heavy atom. The van der Waals surface area contributed by atoms with Gasteiger partial charge < -0.3 is 4.74 Å². The van der Waals surface area contributed by atoms with E-state index in [0.29, 0.717) is 12.8 Å². The van der Waals surface area contributed by atoms with E-state index in [0.717, 1.165) is 18.4 Å². The van der Waals surface area contributed by atoms with Crippen LogP contribution in [-0.4, -0.2) is 18.5 Å². The Bertz CT molecular complexity index is 384. The van der Waals surface area contributed by atoms with Crippen LogP contribution in [0.5, 0.6) is 0 Å². The fourth-order valence-corrected chi connectivity index (χ4v) is 2.37. The van der Waals surface area contributed by atoms with Crippen molar-refractivity contribution in [2.75, 3.05) is 7.11 Å². The number of carbonyl (C=O) groups excluding carboxylic acids is 1. The summed E-state index contributed by atoms with van der Waals surface area (Å²) in [5.41, 5.74) is 1.33. The first-order valence-electron chi connectivity index (χ1n) is 6.82. The van der Waals surface area contributed by atoms with Crippen molar-refractivity contribution in [2.45, 2.75) is 52.1 Å². The zero-order valence-electron chi connectivity index (χ0n) is 12.0. The van der Waals surface area contributed by atoms with E-state index in [1.54, 1.807) is 7.11 Å². The van der Waals surface area contributed by atoms with E-state index in [1.165, 1.54) is 5.56 Å². The molecule has 0 atom stereocenters. The van der Waals surface area contributed by atoms with Crippen molar-refractivity contribution in [3.8, 4) is 0 Å². The second kappa shape index (κ2) is 6.69. The van der Waals surface area contributed by atoms with Gasteiger partial charge in [0, 0.05) is 12.7 Å². The van der Waals surface area contributed by atoms with Crippen LogP contribution in [0.4, 0.5) is 0 Å². The summed E-state index contributed by atoms with van der Waals surface area (Å²) in [4.78, 5) is 12.6. The summed E-state index contributed by atoms with van der Waals surface area (Å²) >= 11 is 0. The van der Waals surface area contributed by atoms with E-state index < -0.39 is 5.60 Å². The van der Waals surface area contributed by atoms with Crippen molar-refractivity contribution < 1.29 is 9.53 Å². The molecule has 1 aromatic carbocycles. The van der Waals surface area contributed by atoms with Gasteiger partial charge in [-0.25, -0.2) is 0 Å². The first kappa shape index (κ1) is 14.9. The number of methoxy groups -OCH3 is 1. The number of rotatable bonds is 7. The summed E-state index contributed by atoms with van der Waals surface area (Å²) in [6, 6.07) is 7.93. The van der Waals surface area contributed by atoms with Crippen molar-refractivity contribution >= 4 is 5.78 Å². The molecule has 0 fully saturated rings. The van der Waals surface area contributed by atoms with E-state index in [9.17, 15) is 4.79 Å². The number of ketones is 1. The molecular formula is C16H24O2. The first-order valence-corrected chi connectivity index (χ1v) is 6.82. The number of hydrogen-bond acceptors (Lipinski definition) is 2. The maximum absolute atomic E-state index is 12.6. The molecule has 2 heteroatoms. The maximum Gasteiger partial charge on any atom is 0.194 e. The predicted octanol–water partition coefficient (Wildman–Crippen LogP) is 4.03. The Morgan fingerprint density at radius 1 is 1.22 bits per heavy atom. The quantitative estimate of drug-likeness (QED) is 0.681. The molecule has 0 saturated heterocycles. The summed E-state index contributed by atoms with van der Waals surface area (Å²) in [7, 11) is 1.63. The van der Waals surface area contributed by atoms with E-state index in [2.05, 4.69) is 13.0 Å². The summed E-state index contributed by atoms with van der Waals surface area (Å²) in [5.74, 6) is 0.105. The predicted molar refractivity (Wildman–Crippen MR) is 75.1 cm³/mol. The number of aryl methyl sites for hydroxylation is 1. The molecule has 0 radical (unpaired) electrons. The highest BCUT2D eigenvalue weighted by Crippen LogP contribution is 2.25. The third kappa shape index (κ3) is 2.99. The molecule has 0 aliphatic rings. The lowest BCUT2D eigenvalue weighted by atomic mass is 9.87. The molecule has 18 heavy (non-hydrogen) atoms. The SMILES string of the molecule is CCCc1cccc(C(=O)C(CC)(CC)OC)c1. The van der Waals surface area contributed by atoms with Gasteiger partial charge in [0.15, 0.2) is 5.78 Å². The summed E-state index contributed by atoms with van der Waals surface area (Å²) in [6.07, 6.45) is 3.52. The van der Waals surface area contributed by atoms with Gasteiger partial charge in [-0.05, 0) is 30.9 Å². The smallest absolute Gasteiger partial charge is 0.194 e. The minimum absolute atomic E-state index is 0.105. The van der Waals surface area contributed by atoms with E-state index >= 15 is 0 Å². The van der Waals surface area contributed by atoms with E-state index in [-0.39, 0.29) is 5.78 Å². The van der Waals surface area contributed by atoms with Crippen LogP contribution in [0.15, 0.2) is 24.3 Å². The van der Waals surface area contributed by atoms with Gasteiger partial charge in [0.25, 0.3) is 0 Å². The Hall–Kier alpha value is -1.15. The lowest BCUT2D eigenvalue weighted by Gasteiger charge is -2.28. The summed E-state index contributed by atoms with van der Waals surface area (Å²) in [5, 5.41) is 0.